The van der Waals surface area contributed by atoms with Crippen LogP contribution >= 0.6 is 39.1 Å². The second-order valence-electron chi connectivity index (χ2n) is 4.04. The largest absolute Gasteiger partial charge is 0.495 e. The van der Waals surface area contributed by atoms with Crippen LogP contribution in [0.3, 0.4) is 0 Å². The lowest BCUT2D eigenvalue weighted by Gasteiger charge is -2.16. The Balaban J connectivity index is 2.41. The molecule has 0 amide bonds. The number of benzene rings is 2. The van der Waals surface area contributed by atoms with Crippen LogP contribution in [0.25, 0.3) is 0 Å². The fourth-order valence-corrected chi connectivity index (χ4v) is 2.69. The van der Waals surface area contributed by atoms with E-state index in [2.05, 4.69) is 15.9 Å². The lowest BCUT2D eigenvalue weighted by Crippen LogP contribution is -2.12. The van der Waals surface area contributed by atoms with Crippen molar-refractivity contribution in [3.05, 3.63) is 62.0 Å². The van der Waals surface area contributed by atoms with E-state index in [1.165, 1.54) is 0 Å². The number of hydrogen-bond donors (Lipinski definition) is 1. The van der Waals surface area contributed by atoms with Crippen LogP contribution < -0.4 is 10.5 Å². The minimum atomic E-state index is -0.339. The third-order valence-electron chi connectivity index (χ3n) is 2.83. The first-order valence-electron chi connectivity index (χ1n) is 5.57. The highest BCUT2D eigenvalue weighted by atomic mass is 79.9. The molecule has 0 radical (unpaired) electrons. The van der Waals surface area contributed by atoms with Crippen molar-refractivity contribution < 1.29 is 4.74 Å². The van der Waals surface area contributed by atoms with Crippen LogP contribution in [0.5, 0.6) is 5.75 Å². The van der Waals surface area contributed by atoms with Gasteiger partial charge in [-0.1, -0.05) is 45.2 Å². The molecule has 0 heterocycles. The van der Waals surface area contributed by atoms with E-state index in [1.807, 2.05) is 24.3 Å². The molecular formula is C14H12BrCl2NO. The van der Waals surface area contributed by atoms with E-state index in [0.29, 0.717) is 15.8 Å². The third-order valence-corrected chi connectivity index (χ3v) is 3.96. The summed E-state index contributed by atoms with van der Waals surface area (Å²) in [7, 11) is 1.58. The molecule has 19 heavy (non-hydrogen) atoms. The van der Waals surface area contributed by atoms with E-state index in [0.717, 1.165) is 15.6 Å². The zero-order valence-electron chi connectivity index (χ0n) is 10.2. The van der Waals surface area contributed by atoms with Gasteiger partial charge in [-0.15, -0.1) is 0 Å². The molecule has 2 aromatic rings. The molecule has 100 valence electrons. The monoisotopic (exact) mass is 359 g/mol. The van der Waals surface area contributed by atoms with Gasteiger partial charge in [0.2, 0.25) is 0 Å². The summed E-state index contributed by atoms with van der Waals surface area (Å²) in [6.45, 7) is 0. The molecule has 0 fully saturated rings. The first-order chi connectivity index (χ1) is 9.02. The van der Waals surface area contributed by atoms with Crippen molar-refractivity contribution in [3.8, 4) is 5.75 Å². The highest BCUT2D eigenvalue weighted by molar-refractivity contribution is 9.10. The summed E-state index contributed by atoms with van der Waals surface area (Å²) >= 11 is 15.7. The molecule has 0 aliphatic carbocycles. The van der Waals surface area contributed by atoms with Crippen LogP contribution in [-0.4, -0.2) is 7.11 Å². The normalized spacial score (nSPS) is 12.3. The average molecular weight is 361 g/mol. The Morgan fingerprint density at radius 2 is 1.84 bits per heavy atom. The SMILES string of the molecule is COc1ccc(C(N)c2cc(Br)ccc2Cl)cc1Cl. The maximum atomic E-state index is 6.24. The summed E-state index contributed by atoms with van der Waals surface area (Å²) in [5.74, 6) is 0.623. The van der Waals surface area contributed by atoms with Crippen molar-refractivity contribution in [2.24, 2.45) is 5.73 Å². The Hall–Kier alpha value is -0.740. The van der Waals surface area contributed by atoms with Crippen molar-refractivity contribution >= 4 is 39.1 Å². The zero-order valence-corrected chi connectivity index (χ0v) is 13.3. The van der Waals surface area contributed by atoms with Gasteiger partial charge in [-0.3, -0.25) is 0 Å². The second kappa shape index (κ2) is 6.14. The molecule has 2 N–H and O–H groups in total. The number of nitrogens with two attached hydrogens (primary N) is 1. The maximum absolute atomic E-state index is 6.24. The minimum Gasteiger partial charge on any atom is -0.495 e. The number of ether oxygens (including phenoxy) is 1. The average Bonchev–Trinajstić information content (AvgIpc) is 2.40. The highest BCUT2D eigenvalue weighted by Crippen LogP contribution is 2.32. The molecule has 0 bridgehead atoms. The van der Waals surface area contributed by atoms with Gasteiger partial charge in [0.25, 0.3) is 0 Å². The maximum Gasteiger partial charge on any atom is 0.137 e. The Kier molecular flexibility index (Phi) is 4.74. The molecule has 0 saturated heterocycles. The molecular weight excluding hydrogens is 349 g/mol. The minimum absolute atomic E-state index is 0.339. The quantitative estimate of drug-likeness (QED) is 0.852. The fourth-order valence-electron chi connectivity index (χ4n) is 1.81. The summed E-state index contributed by atoms with van der Waals surface area (Å²) in [4.78, 5) is 0. The van der Waals surface area contributed by atoms with E-state index in [9.17, 15) is 0 Å². The third kappa shape index (κ3) is 3.23. The van der Waals surface area contributed by atoms with Crippen LogP contribution in [0.4, 0.5) is 0 Å². The molecule has 2 rings (SSSR count). The standard InChI is InChI=1S/C14H12BrCl2NO/c1-19-13-5-2-8(6-12(13)17)14(18)10-7-9(15)3-4-11(10)16/h2-7,14H,18H2,1H3. The van der Waals surface area contributed by atoms with Crippen LogP contribution in [-0.2, 0) is 0 Å². The lowest BCUT2D eigenvalue weighted by atomic mass is 9.99. The summed E-state index contributed by atoms with van der Waals surface area (Å²) in [5.41, 5.74) is 7.97. The lowest BCUT2D eigenvalue weighted by molar-refractivity contribution is 0.415. The number of hydrogen-bond acceptors (Lipinski definition) is 2. The zero-order chi connectivity index (χ0) is 14.0. The molecule has 2 aromatic carbocycles. The number of halogens is 3. The first kappa shape index (κ1) is 14.7. The Bertz CT molecular complexity index is 604. The van der Waals surface area contributed by atoms with Crippen molar-refractivity contribution in [3.63, 3.8) is 0 Å². The van der Waals surface area contributed by atoms with Crippen molar-refractivity contribution in [1.82, 2.24) is 0 Å². The predicted octanol–water partition coefficient (Wildman–Crippen LogP) is 4.81. The van der Waals surface area contributed by atoms with Crippen molar-refractivity contribution in [2.45, 2.75) is 6.04 Å². The summed E-state index contributed by atoms with van der Waals surface area (Å²) in [5, 5.41) is 1.16. The van der Waals surface area contributed by atoms with Crippen LogP contribution in [0.15, 0.2) is 40.9 Å². The molecule has 1 unspecified atom stereocenters. The van der Waals surface area contributed by atoms with Crippen LogP contribution in [0.2, 0.25) is 10.0 Å². The van der Waals surface area contributed by atoms with Gasteiger partial charge in [0.05, 0.1) is 18.2 Å². The van der Waals surface area contributed by atoms with E-state index in [4.69, 9.17) is 33.7 Å². The molecule has 0 spiro atoms. The number of rotatable bonds is 3. The molecule has 1 atom stereocenters. The van der Waals surface area contributed by atoms with Gasteiger partial charge >= 0.3 is 0 Å². The van der Waals surface area contributed by atoms with Crippen LogP contribution in [0, 0.1) is 0 Å². The van der Waals surface area contributed by atoms with E-state index < -0.39 is 0 Å². The Morgan fingerprint density at radius 1 is 1.11 bits per heavy atom. The molecule has 2 nitrogen and oxygen atoms in total. The summed E-state index contributed by atoms with van der Waals surface area (Å²) in [6, 6.07) is 10.7. The van der Waals surface area contributed by atoms with Gasteiger partial charge < -0.3 is 10.5 Å². The van der Waals surface area contributed by atoms with Crippen molar-refractivity contribution in [2.75, 3.05) is 7.11 Å². The Labute approximate surface area is 130 Å². The van der Waals surface area contributed by atoms with E-state index in [-0.39, 0.29) is 6.04 Å². The van der Waals surface area contributed by atoms with Gasteiger partial charge in [-0.25, -0.2) is 0 Å². The van der Waals surface area contributed by atoms with Crippen molar-refractivity contribution in [1.29, 1.82) is 0 Å². The molecule has 0 saturated carbocycles. The van der Waals surface area contributed by atoms with E-state index >= 15 is 0 Å². The molecule has 0 aliphatic heterocycles. The van der Waals surface area contributed by atoms with E-state index in [1.54, 1.807) is 19.2 Å². The molecule has 0 aromatic heterocycles. The smallest absolute Gasteiger partial charge is 0.137 e. The van der Waals surface area contributed by atoms with Gasteiger partial charge in [0.1, 0.15) is 5.75 Å². The van der Waals surface area contributed by atoms with Gasteiger partial charge in [-0.05, 0) is 41.5 Å². The second-order valence-corrected chi connectivity index (χ2v) is 5.77. The van der Waals surface area contributed by atoms with Crippen LogP contribution in [0.1, 0.15) is 17.2 Å². The molecule has 0 aliphatic rings. The predicted molar refractivity (Wildman–Crippen MR) is 83.2 cm³/mol. The van der Waals surface area contributed by atoms with Gasteiger partial charge in [0.15, 0.2) is 0 Å². The van der Waals surface area contributed by atoms with Gasteiger partial charge in [0, 0.05) is 9.50 Å². The highest BCUT2D eigenvalue weighted by Gasteiger charge is 2.14. The molecule has 5 heteroatoms. The summed E-state index contributed by atoms with van der Waals surface area (Å²) < 4.78 is 6.05. The number of methoxy groups -OCH3 is 1. The first-order valence-corrected chi connectivity index (χ1v) is 7.11. The summed E-state index contributed by atoms with van der Waals surface area (Å²) in [6.07, 6.45) is 0. The fraction of sp³-hybridized carbons (Fsp3) is 0.143. The topological polar surface area (TPSA) is 35.2 Å². The van der Waals surface area contributed by atoms with Gasteiger partial charge in [-0.2, -0.15) is 0 Å². The Morgan fingerprint density at radius 3 is 2.47 bits per heavy atom.